The van der Waals surface area contributed by atoms with E-state index in [1.165, 1.54) is 18.9 Å². The Kier molecular flexibility index (Phi) is 5.96. The molecule has 1 unspecified atom stereocenters. The van der Waals surface area contributed by atoms with Gasteiger partial charge in [0.15, 0.2) is 11.5 Å². The third kappa shape index (κ3) is 3.14. The first-order chi connectivity index (χ1) is 15.2. The summed E-state index contributed by atoms with van der Waals surface area (Å²) in [4.78, 5) is 43.0. The maximum atomic E-state index is 13.5. The molecular weight excluding hydrogens is 434 g/mol. The molecule has 0 radical (unpaired) electrons. The Morgan fingerprint density at radius 2 is 2.00 bits per heavy atom. The van der Waals surface area contributed by atoms with Crippen LogP contribution >= 0.6 is 11.8 Å². The van der Waals surface area contributed by atoms with Crippen LogP contribution in [-0.2, 0) is 19.1 Å². The van der Waals surface area contributed by atoms with Gasteiger partial charge in [-0.1, -0.05) is 13.8 Å². The summed E-state index contributed by atoms with van der Waals surface area (Å²) in [7, 11) is 3.16. The highest BCUT2D eigenvalue weighted by Gasteiger charge is 2.61. The number of nitrogens with zero attached hydrogens (tertiary/aromatic N) is 3. The fourth-order valence-electron chi connectivity index (χ4n) is 5.95. The number of hydrogen-bond acceptors (Lipinski definition) is 9. The van der Waals surface area contributed by atoms with Gasteiger partial charge in [0.25, 0.3) is 0 Å². The molecule has 2 fully saturated rings. The Labute approximate surface area is 190 Å². The van der Waals surface area contributed by atoms with Crippen molar-refractivity contribution in [3.63, 3.8) is 0 Å². The highest BCUT2D eigenvalue weighted by Crippen LogP contribution is 2.49. The summed E-state index contributed by atoms with van der Waals surface area (Å²) in [6.07, 6.45) is 0.460. The summed E-state index contributed by atoms with van der Waals surface area (Å²) in [6, 6.07) is -0.540. The first-order valence-corrected chi connectivity index (χ1v) is 11.6. The van der Waals surface area contributed by atoms with Crippen molar-refractivity contribution in [2.24, 2.45) is 5.92 Å². The van der Waals surface area contributed by atoms with Crippen molar-refractivity contribution >= 4 is 29.3 Å². The lowest BCUT2D eigenvalue weighted by Crippen LogP contribution is -2.69. The number of methoxy groups -OCH3 is 1. The van der Waals surface area contributed by atoms with Gasteiger partial charge in [0.05, 0.1) is 31.7 Å². The van der Waals surface area contributed by atoms with Crippen LogP contribution in [0, 0.1) is 17.2 Å². The third-order valence-electron chi connectivity index (χ3n) is 7.11. The molecule has 0 aromatic heterocycles. The van der Waals surface area contributed by atoms with Crippen LogP contribution in [0.3, 0.4) is 0 Å². The van der Waals surface area contributed by atoms with E-state index in [2.05, 4.69) is 6.07 Å². The van der Waals surface area contributed by atoms with E-state index >= 15 is 0 Å². The van der Waals surface area contributed by atoms with Gasteiger partial charge in [-0.25, -0.2) is 0 Å². The van der Waals surface area contributed by atoms with Crippen molar-refractivity contribution in [2.45, 2.75) is 62.1 Å². The normalized spacial score (nSPS) is 35.2. The van der Waals surface area contributed by atoms with Crippen molar-refractivity contribution in [1.82, 2.24) is 9.80 Å². The van der Waals surface area contributed by atoms with Gasteiger partial charge in [-0.3, -0.25) is 24.2 Å². The molecule has 2 N–H and O–H groups in total. The van der Waals surface area contributed by atoms with Gasteiger partial charge >= 0.3 is 5.97 Å². The minimum absolute atomic E-state index is 0.0293. The number of fused-ring (bicyclic) bond motifs is 4. The fraction of sp³-hybridized carbons (Fsp3) is 0.636. The van der Waals surface area contributed by atoms with Gasteiger partial charge in [-0.2, -0.15) is 5.26 Å². The number of carbonyl (C=O) groups is 3. The first kappa shape index (κ1) is 23.0. The number of Topliss-reactive ketones (excluding diaryl/α,β-unsaturated/α-hetero) is 2. The predicted octanol–water partition coefficient (Wildman–Crippen LogP) is 0.549. The van der Waals surface area contributed by atoms with Crippen LogP contribution in [0.25, 0.3) is 0 Å². The molecular formula is C22H27N3O6S. The first-order valence-electron chi connectivity index (χ1n) is 10.7. The largest absolute Gasteiger partial charge is 0.491 e. The molecule has 6 atom stereocenters. The van der Waals surface area contributed by atoms with E-state index in [9.17, 15) is 29.9 Å². The zero-order chi connectivity index (χ0) is 23.5. The van der Waals surface area contributed by atoms with Crippen LogP contribution in [0.15, 0.2) is 21.8 Å². The maximum Gasteiger partial charge on any atom is 0.308 e. The number of allylic oxidation sites excluding steroid dienone is 2. The molecule has 9 nitrogen and oxygen atoms in total. The molecule has 2 bridgehead atoms. The molecule has 3 heterocycles. The molecule has 4 rings (SSSR count). The molecule has 0 aromatic rings. The molecule has 0 saturated carbocycles. The molecule has 0 amide bonds. The van der Waals surface area contributed by atoms with Crippen LogP contribution in [0.2, 0.25) is 0 Å². The highest BCUT2D eigenvalue weighted by atomic mass is 32.2. The summed E-state index contributed by atoms with van der Waals surface area (Å²) in [5.74, 6) is -2.41. The third-order valence-corrected chi connectivity index (χ3v) is 8.19. The summed E-state index contributed by atoms with van der Waals surface area (Å²) < 4.78 is 5.34. The number of ketones is 2. The van der Waals surface area contributed by atoms with E-state index in [1.54, 1.807) is 4.90 Å². The number of carbonyl (C=O) groups excluding carboxylic acids is 2. The molecule has 0 aromatic carbocycles. The van der Waals surface area contributed by atoms with Gasteiger partial charge in [0.1, 0.15) is 10.9 Å². The van der Waals surface area contributed by atoms with E-state index in [1.807, 2.05) is 25.8 Å². The van der Waals surface area contributed by atoms with Crippen molar-refractivity contribution in [3.8, 4) is 6.07 Å². The lowest BCUT2D eigenvalue weighted by Gasteiger charge is -2.54. The van der Waals surface area contributed by atoms with Crippen LogP contribution < -0.4 is 0 Å². The van der Waals surface area contributed by atoms with Crippen LogP contribution in [0.4, 0.5) is 0 Å². The molecule has 0 spiro atoms. The van der Waals surface area contributed by atoms with Gasteiger partial charge in [-0.05, 0) is 19.9 Å². The number of ether oxygens (including phenoxy) is 1. The number of aliphatic carboxylic acids is 1. The summed E-state index contributed by atoms with van der Waals surface area (Å²) in [6.45, 7) is 3.36. The molecule has 4 aliphatic rings. The van der Waals surface area contributed by atoms with Gasteiger partial charge in [-0.15, -0.1) is 11.8 Å². The highest BCUT2D eigenvalue weighted by molar-refractivity contribution is 8.04. The minimum atomic E-state index is -0.938. The molecule has 3 aliphatic heterocycles. The van der Waals surface area contributed by atoms with E-state index in [0.717, 1.165) is 0 Å². The van der Waals surface area contributed by atoms with E-state index < -0.39 is 48.4 Å². The second kappa shape index (κ2) is 8.30. The van der Waals surface area contributed by atoms with Crippen LogP contribution in [0.1, 0.15) is 26.7 Å². The number of likely N-dealkylation sites (N-methyl/N-ethyl adjacent to an activating group) is 1. The van der Waals surface area contributed by atoms with Gasteiger partial charge < -0.3 is 14.9 Å². The fourth-order valence-corrected chi connectivity index (χ4v) is 6.93. The average Bonchev–Trinajstić information content (AvgIpc) is 3.00. The molecule has 1 aliphatic carbocycles. The minimum Gasteiger partial charge on any atom is -0.491 e. The summed E-state index contributed by atoms with van der Waals surface area (Å²) >= 11 is 1.26. The zero-order valence-electron chi connectivity index (χ0n) is 18.4. The van der Waals surface area contributed by atoms with Crippen molar-refractivity contribution in [3.05, 3.63) is 21.8 Å². The summed E-state index contributed by atoms with van der Waals surface area (Å²) in [5.41, 5.74) is 0.480. The second-order valence-corrected chi connectivity index (χ2v) is 10.6. The van der Waals surface area contributed by atoms with E-state index in [-0.39, 0.29) is 39.7 Å². The quantitative estimate of drug-likeness (QED) is 0.560. The van der Waals surface area contributed by atoms with Crippen molar-refractivity contribution in [2.75, 3.05) is 20.8 Å². The van der Waals surface area contributed by atoms with Gasteiger partial charge in [0, 0.05) is 34.5 Å². The zero-order valence-corrected chi connectivity index (χ0v) is 19.3. The number of carboxylic acid groups (broad SMARTS) is 1. The Bertz CT molecular complexity index is 983. The SMILES string of the molecule is COC1=C(SC(C)C)C(=O)C2=C(C1=O)[C@H](CO)N1C(C#N)[C@@H]3C[C@@H](C(=O)O)[C@H]([C@@H]1C2)N3C. The number of rotatable bonds is 5. The number of hydrogen-bond donors (Lipinski definition) is 2. The monoisotopic (exact) mass is 461 g/mol. The number of aliphatic hydroxyl groups is 1. The number of aliphatic hydroxyl groups excluding tert-OH is 1. The lowest BCUT2D eigenvalue weighted by atomic mass is 9.76. The van der Waals surface area contributed by atoms with Crippen molar-refractivity contribution < 1.29 is 29.3 Å². The number of carboxylic acids is 1. The standard InChI is InChI=1S/C22H27N3O6S/c1-9(2)32-21-18(27)10-5-13-17-11(22(29)30)6-12(24(17)3)14(7-23)25(13)15(8-26)16(10)19(28)20(21)31-4/h9,11-15,17,26H,5-6,8H2,1-4H3,(H,29,30)/t11-,12+,13+,14?,15+,17-/m1/s1. The Morgan fingerprint density at radius 1 is 1.31 bits per heavy atom. The molecule has 172 valence electrons. The predicted molar refractivity (Wildman–Crippen MR) is 115 cm³/mol. The molecule has 2 saturated heterocycles. The molecule has 10 heteroatoms. The van der Waals surface area contributed by atoms with Gasteiger partial charge in [0.2, 0.25) is 5.78 Å². The molecule has 32 heavy (non-hydrogen) atoms. The Morgan fingerprint density at radius 3 is 2.53 bits per heavy atom. The van der Waals surface area contributed by atoms with Crippen LogP contribution in [0.5, 0.6) is 0 Å². The lowest BCUT2D eigenvalue weighted by molar-refractivity contribution is -0.144. The van der Waals surface area contributed by atoms with E-state index in [0.29, 0.717) is 12.0 Å². The number of thioether (sulfide) groups is 1. The van der Waals surface area contributed by atoms with Crippen LogP contribution in [-0.4, -0.2) is 93.8 Å². The average molecular weight is 462 g/mol. The topological polar surface area (TPSA) is 131 Å². The summed E-state index contributed by atoms with van der Waals surface area (Å²) in [5, 5.41) is 30.2. The second-order valence-electron chi connectivity index (χ2n) is 8.97. The maximum absolute atomic E-state index is 13.5. The van der Waals surface area contributed by atoms with Crippen molar-refractivity contribution in [1.29, 1.82) is 5.26 Å². The number of nitriles is 1. The Hall–Kier alpha value is -2.19. The van der Waals surface area contributed by atoms with E-state index in [4.69, 9.17) is 4.74 Å². The number of piperazine rings is 1. The smallest absolute Gasteiger partial charge is 0.308 e. The Balaban J connectivity index is 1.86.